The van der Waals surface area contributed by atoms with Gasteiger partial charge in [0.2, 0.25) is 0 Å². The van der Waals surface area contributed by atoms with Crippen LogP contribution in [0.4, 0.5) is 0 Å². The van der Waals surface area contributed by atoms with Crippen LogP contribution in [0, 0.1) is 5.92 Å². The van der Waals surface area contributed by atoms with E-state index in [4.69, 9.17) is 4.74 Å². The summed E-state index contributed by atoms with van der Waals surface area (Å²) in [5.41, 5.74) is 0. The van der Waals surface area contributed by atoms with Crippen LogP contribution in [-0.4, -0.2) is 32.8 Å². The van der Waals surface area contributed by atoms with Crippen LogP contribution >= 0.6 is 11.3 Å². The molecule has 0 aliphatic heterocycles. The predicted octanol–water partition coefficient (Wildman–Crippen LogP) is 2.54. The molecule has 2 unspecified atom stereocenters. The molecule has 19 heavy (non-hydrogen) atoms. The minimum atomic E-state index is -3.05. The second-order valence-corrected chi connectivity index (χ2v) is 8.27. The molecule has 6 heteroatoms. The third kappa shape index (κ3) is 3.36. The fourth-order valence-electron chi connectivity index (χ4n) is 2.53. The van der Waals surface area contributed by atoms with Crippen molar-refractivity contribution in [3.63, 3.8) is 0 Å². The molecule has 0 spiro atoms. The van der Waals surface area contributed by atoms with Crippen molar-refractivity contribution in [3.05, 3.63) is 16.3 Å². The highest BCUT2D eigenvalue weighted by molar-refractivity contribution is 7.91. The Balaban J connectivity index is 2.11. The Morgan fingerprint density at radius 1 is 1.42 bits per heavy atom. The highest BCUT2D eigenvalue weighted by atomic mass is 32.2. The summed E-state index contributed by atoms with van der Waals surface area (Å²) in [4.78, 5) is 13.0. The van der Waals surface area contributed by atoms with Crippen LogP contribution in [0.3, 0.4) is 0 Å². The van der Waals surface area contributed by atoms with E-state index in [1.54, 1.807) is 18.6 Å². The topological polar surface area (TPSA) is 60.4 Å². The van der Waals surface area contributed by atoms with Crippen molar-refractivity contribution in [1.29, 1.82) is 0 Å². The standard InChI is InChI=1S/C13H18O4S2/c1-17-10-7-12(18-8-10)13(14)9-4-3-5-11(6-9)19(2,15)16/h7-9,11H,3-6H2,1-2H3. The third-order valence-electron chi connectivity index (χ3n) is 3.66. The first kappa shape index (κ1) is 14.5. The number of carbonyl (C=O) groups excluding carboxylic acids is 1. The van der Waals surface area contributed by atoms with Gasteiger partial charge in [0.25, 0.3) is 0 Å². The van der Waals surface area contributed by atoms with Gasteiger partial charge in [0, 0.05) is 23.6 Å². The van der Waals surface area contributed by atoms with Crippen LogP contribution in [0.5, 0.6) is 5.75 Å². The van der Waals surface area contributed by atoms with E-state index < -0.39 is 9.84 Å². The first-order valence-corrected chi connectivity index (χ1v) is 9.11. The van der Waals surface area contributed by atoms with E-state index in [9.17, 15) is 13.2 Å². The molecule has 2 atom stereocenters. The molecule has 0 N–H and O–H groups in total. The molecule has 1 aromatic rings. The molecule has 0 saturated heterocycles. The molecule has 0 amide bonds. The van der Waals surface area contributed by atoms with Gasteiger partial charge in [-0.2, -0.15) is 0 Å². The Morgan fingerprint density at radius 3 is 2.74 bits per heavy atom. The van der Waals surface area contributed by atoms with Crippen LogP contribution in [0.25, 0.3) is 0 Å². The summed E-state index contributed by atoms with van der Waals surface area (Å²) >= 11 is 1.36. The van der Waals surface area contributed by atoms with E-state index >= 15 is 0 Å². The Bertz CT molecular complexity index is 559. The number of hydrogen-bond acceptors (Lipinski definition) is 5. The number of hydrogen-bond donors (Lipinski definition) is 0. The van der Waals surface area contributed by atoms with Crippen molar-refractivity contribution in [2.75, 3.05) is 13.4 Å². The highest BCUT2D eigenvalue weighted by Crippen LogP contribution is 2.33. The van der Waals surface area contributed by atoms with Crippen molar-refractivity contribution in [2.45, 2.75) is 30.9 Å². The molecule has 1 saturated carbocycles. The molecule has 1 aromatic heterocycles. The lowest BCUT2D eigenvalue weighted by atomic mass is 9.85. The molecule has 1 aliphatic carbocycles. The average Bonchev–Trinajstić information content (AvgIpc) is 2.86. The van der Waals surface area contributed by atoms with Crippen molar-refractivity contribution >= 4 is 27.0 Å². The van der Waals surface area contributed by atoms with Crippen molar-refractivity contribution < 1.29 is 17.9 Å². The fraction of sp³-hybridized carbons (Fsp3) is 0.615. The van der Waals surface area contributed by atoms with Crippen LogP contribution in [-0.2, 0) is 9.84 Å². The number of carbonyl (C=O) groups is 1. The number of rotatable bonds is 4. The van der Waals surface area contributed by atoms with Gasteiger partial charge in [0.1, 0.15) is 15.6 Å². The Labute approximate surface area is 117 Å². The number of ketones is 1. The molecule has 2 rings (SSSR count). The van der Waals surface area contributed by atoms with Crippen LogP contribution in [0.2, 0.25) is 0 Å². The molecular weight excluding hydrogens is 284 g/mol. The molecule has 106 valence electrons. The van der Waals surface area contributed by atoms with E-state index in [0.717, 1.165) is 12.8 Å². The lowest BCUT2D eigenvalue weighted by molar-refractivity contribution is 0.0895. The minimum absolute atomic E-state index is 0.0571. The summed E-state index contributed by atoms with van der Waals surface area (Å²) in [7, 11) is -1.48. The Hall–Kier alpha value is -0.880. The summed E-state index contributed by atoms with van der Waals surface area (Å²) in [6, 6.07) is 1.73. The van der Waals surface area contributed by atoms with Gasteiger partial charge in [-0.15, -0.1) is 11.3 Å². The largest absolute Gasteiger partial charge is 0.496 e. The van der Waals surface area contributed by atoms with E-state index in [1.807, 2.05) is 0 Å². The zero-order valence-electron chi connectivity index (χ0n) is 11.1. The molecule has 1 fully saturated rings. The average molecular weight is 302 g/mol. The van der Waals surface area contributed by atoms with Gasteiger partial charge in [-0.1, -0.05) is 6.42 Å². The van der Waals surface area contributed by atoms with Gasteiger partial charge in [0.15, 0.2) is 5.78 Å². The normalized spacial score (nSPS) is 24.1. The van der Waals surface area contributed by atoms with Crippen molar-refractivity contribution in [2.24, 2.45) is 5.92 Å². The second-order valence-electron chi connectivity index (χ2n) is 5.03. The molecule has 0 bridgehead atoms. The van der Waals surface area contributed by atoms with Gasteiger partial charge in [-0.25, -0.2) is 8.42 Å². The maximum atomic E-state index is 12.4. The molecule has 1 aliphatic rings. The first-order chi connectivity index (χ1) is 8.91. The van der Waals surface area contributed by atoms with E-state index in [0.29, 0.717) is 23.5 Å². The van der Waals surface area contributed by atoms with Gasteiger partial charge in [-0.3, -0.25) is 4.79 Å². The highest BCUT2D eigenvalue weighted by Gasteiger charge is 2.33. The third-order valence-corrected chi connectivity index (χ3v) is 6.22. The monoisotopic (exact) mass is 302 g/mol. The maximum absolute atomic E-state index is 12.4. The summed E-state index contributed by atoms with van der Waals surface area (Å²) < 4.78 is 28.3. The molecule has 1 heterocycles. The van der Waals surface area contributed by atoms with E-state index in [2.05, 4.69) is 0 Å². The molecule has 4 nitrogen and oxygen atoms in total. The quantitative estimate of drug-likeness (QED) is 0.802. The summed E-state index contributed by atoms with van der Waals surface area (Å²) in [5.74, 6) is 0.572. The summed E-state index contributed by atoms with van der Waals surface area (Å²) in [6.45, 7) is 0. The Morgan fingerprint density at radius 2 is 2.16 bits per heavy atom. The minimum Gasteiger partial charge on any atom is -0.496 e. The van der Waals surface area contributed by atoms with Gasteiger partial charge in [0.05, 0.1) is 17.2 Å². The number of thiophene rings is 1. The van der Waals surface area contributed by atoms with Gasteiger partial charge >= 0.3 is 0 Å². The predicted molar refractivity (Wildman–Crippen MR) is 75.8 cm³/mol. The second kappa shape index (κ2) is 5.63. The van der Waals surface area contributed by atoms with Crippen molar-refractivity contribution in [1.82, 2.24) is 0 Å². The SMILES string of the molecule is COc1csc(C(=O)C2CCCC(S(C)(=O)=O)C2)c1. The number of Topliss-reactive ketones (excluding diaryl/α,β-unsaturated/α-hetero) is 1. The van der Waals surface area contributed by atoms with Gasteiger partial charge in [-0.05, 0) is 19.3 Å². The van der Waals surface area contributed by atoms with E-state index in [-0.39, 0.29) is 17.0 Å². The van der Waals surface area contributed by atoms with Crippen LogP contribution in [0.1, 0.15) is 35.4 Å². The lowest BCUT2D eigenvalue weighted by Gasteiger charge is -2.26. The molecule has 0 aromatic carbocycles. The number of methoxy groups -OCH3 is 1. The number of sulfone groups is 1. The van der Waals surface area contributed by atoms with Gasteiger partial charge < -0.3 is 4.74 Å². The summed E-state index contributed by atoms with van der Waals surface area (Å²) in [6.07, 6.45) is 3.98. The maximum Gasteiger partial charge on any atom is 0.176 e. The van der Waals surface area contributed by atoms with Crippen LogP contribution in [0.15, 0.2) is 11.4 Å². The smallest absolute Gasteiger partial charge is 0.176 e. The van der Waals surface area contributed by atoms with Crippen molar-refractivity contribution in [3.8, 4) is 5.75 Å². The Kier molecular flexibility index (Phi) is 4.30. The fourth-order valence-corrected chi connectivity index (χ4v) is 4.58. The molecular formula is C13H18O4S2. The zero-order chi connectivity index (χ0) is 14.0. The van der Waals surface area contributed by atoms with E-state index in [1.165, 1.54) is 17.6 Å². The zero-order valence-corrected chi connectivity index (χ0v) is 12.7. The lowest BCUT2D eigenvalue weighted by Crippen LogP contribution is -2.30. The van der Waals surface area contributed by atoms with Crippen LogP contribution < -0.4 is 4.74 Å². The number of ether oxygens (including phenoxy) is 1. The molecule has 0 radical (unpaired) electrons. The summed E-state index contributed by atoms with van der Waals surface area (Å²) in [5, 5.41) is 1.43. The first-order valence-electron chi connectivity index (χ1n) is 6.27.